The highest BCUT2D eigenvalue weighted by atomic mass is 35.5. The summed E-state index contributed by atoms with van der Waals surface area (Å²) in [4.78, 5) is 21.4. The predicted molar refractivity (Wildman–Crippen MR) is 98.4 cm³/mol. The first kappa shape index (κ1) is 17.4. The van der Waals surface area contributed by atoms with Crippen LogP contribution in [0.5, 0.6) is 0 Å². The van der Waals surface area contributed by atoms with Crippen molar-refractivity contribution in [3.8, 4) is 0 Å². The molecular formula is C19H14ClFN4O2. The quantitative estimate of drug-likeness (QED) is 0.538. The highest BCUT2D eigenvalue weighted by Gasteiger charge is 2.15. The van der Waals surface area contributed by atoms with Crippen molar-refractivity contribution in [2.24, 2.45) is 0 Å². The van der Waals surface area contributed by atoms with Crippen molar-refractivity contribution in [1.29, 1.82) is 0 Å². The number of aromatic nitrogens is 4. The summed E-state index contributed by atoms with van der Waals surface area (Å²) < 4.78 is 20.6. The molecule has 6 nitrogen and oxygen atoms in total. The highest BCUT2D eigenvalue weighted by Crippen LogP contribution is 2.21. The fourth-order valence-electron chi connectivity index (χ4n) is 2.89. The molecule has 0 saturated carbocycles. The van der Waals surface area contributed by atoms with Gasteiger partial charge in [-0.25, -0.2) is 9.37 Å². The summed E-state index contributed by atoms with van der Waals surface area (Å²) in [5.74, 6) is 0.631. The molecule has 0 N–H and O–H groups in total. The van der Waals surface area contributed by atoms with Crippen LogP contribution in [0.4, 0.5) is 4.39 Å². The van der Waals surface area contributed by atoms with Crippen LogP contribution in [0.25, 0.3) is 10.9 Å². The van der Waals surface area contributed by atoms with E-state index in [0.29, 0.717) is 27.6 Å². The molecule has 0 aliphatic carbocycles. The molecular weight excluding hydrogens is 371 g/mol. The van der Waals surface area contributed by atoms with Gasteiger partial charge < -0.3 is 4.52 Å². The summed E-state index contributed by atoms with van der Waals surface area (Å²) in [6, 6.07) is 11.6. The molecule has 27 heavy (non-hydrogen) atoms. The molecule has 0 aliphatic rings. The van der Waals surface area contributed by atoms with Crippen molar-refractivity contribution in [2.75, 3.05) is 0 Å². The fraction of sp³-hybridized carbons (Fsp3) is 0.158. The highest BCUT2D eigenvalue weighted by molar-refractivity contribution is 6.31. The number of rotatable bonds is 4. The van der Waals surface area contributed by atoms with Crippen molar-refractivity contribution in [2.45, 2.75) is 19.9 Å². The molecule has 2 aromatic carbocycles. The maximum atomic E-state index is 13.9. The monoisotopic (exact) mass is 384 g/mol. The molecule has 2 heterocycles. The van der Waals surface area contributed by atoms with Gasteiger partial charge in [-0.2, -0.15) is 4.98 Å². The number of hydrogen-bond acceptors (Lipinski definition) is 5. The van der Waals surface area contributed by atoms with E-state index >= 15 is 0 Å². The van der Waals surface area contributed by atoms with Crippen molar-refractivity contribution in [3.63, 3.8) is 0 Å². The van der Waals surface area contributed by atoms with Crippen LogP contribution < -0.4 is 5.56 Å². The van der Waals surface area contributed by atoms with Crippen LogP contribution >= 0.6 is 11.6 Å². The molecule has 2 aromatic heterocycles. The molecule has 0 spiro atoms. The Kier molecular flexibility index (Phi) is 4.45. The van der Waals surface area contributed by atoms with Crippen LogP contribution in [0.1, 0.15) is 23.1 Å². The number of benzene rings is 2. The summed E-state index contributed by atoms with van der Waals surface area (Å²) in [5, 5.41) is 4.70. The summed E-state index contributed by atoms with van der Waals surface area (Å²) in [6.45, 7) is 1.85. The van der Waals surface area contributed by atoms with Crippen molar-refractivity contribution < 1.29 is 8.91 Å². The van der Waals surface area contributed by atoms with Crippen LogP contribution in [0.3, 0.4) is 0 Å². The number of aryl methyl sites for hydroxylation is 1. The second kappa shape index (κ2) is 6.92. The largest absolute Gasteiger partial charge is 0.339 e. The lowest BCUT2D eigenvalue weighted by Crippen LogP contribution is -2.24. The third kappa shape index (κ3) is 3.33. The van der Waals surface area contributed by atoms with E-state index in [1.807, 2.05) is 6.07 Å². The molecule has 0 fully saturated rings. The van der Waals surface area contributed by atoms with Gasteiger partial charge in [0.2, 0.25) is 5.89 Å². The number of halogens is 2. The number of fused-ring (bicyclic) bond motifs is 1. The molecule has 0 radical (unpaired) electrons. The Morgan fingerprint density at radius 3 is 2.78 bits per heavy atom. The summed E-state index contributed by atoms with van der Waals surface area (Å²) in [6.07, 6.45) is 0.0718. The maximum Gasteiger partial charge on any atom is 0.261 e. The second-order valence-corrected chi connectivity index (χ2v) is 6.46. The van der Waals surface area contributed by atoms with Gasteiger partial charge >= 0.3 is 0 Å². The molecule has 4 rings (SSSR count). The van der Waals surface area contributed by atoms with Crippen LogP contribution in [-0.4, -0.2) is 19.7 Å². The third-order valence-corrected chi connectivity index (χ3v) is 4.61. The molecule has 0 amide bonds. The Bertz CT molecular complexity index is 1180. The Morgan fingerprint density at radius 2 is 1.96 bits per heavy atom. The van der Waals surface area contributed by atoms with E-state index in [2.05, 4.69) is 15.1 Å². The first-order valence-corrected chi connectivity index (χ1v) is 8.61. The average molecular weight is 385 g/mol. The minimum Gasteiger partial charge on any atom is -0.339 e. The predicted octanol–water partition coefficient (Wildman–Crippen LogP) is 3.52. The minimum atomic E-state index is -0.437. The van der Waals surface area contributed by atoms with E-state index in [4.69, 9.17) is 16.1 Å². The van der Waals surface area contributed by atoms with Crippen molar-refractivity contribution >= 4 is 22.5 Å². The standard InChI is InChI=1S/C19H14ClFN4O2/c1-11-22-16-8-3-2-5-12(16)19(26)25(11)10-17-23-18(27-24-17)9-13-14(20)6-4-7-15(13)21/h2-8H,9-10H2,1H3. The van der Waals surface area contributed by atoms with Crippen molar-refractivity contribution in [1.82, 2.24) is 19.7 Å². The van der Waals surface area contributed by atoms with E-state index in [9.17, 15) is 9.18 Å². The van der Waals surface area contributed by atoms with Gasteiger partial charge in [0.1, 0.15) is 11.6 Å². The first-order valence-electron chi connectivity index (χ1n) is 8.23. The summed E-state index contributed by atoms with van der Waals surface area (Å²) in [5.41, 5.74) is 0.746. The van der Waals surface area contributed by atoms with Gasteiger partial charge in [-0.05, 0) is 31.2 Å². The average Bonchev–Trinajstić information content (AvgIpc) is 3.09. The lowest BCUT2D eigenvalue weighted by atomic mass is 10.1. The molecule has 8 heteroatoms. The zero-order valence-electron chi connectivity index (χ0n) is 14.3. The molecule has 0 bridgehead atoms. The van der Waals surface area contributed by atoms with Gasteiger partial charge in [0.05, 0.1) is 23.9 Å². The van der Waals surface area contributed by atoms with E-state index in [1.54, 1.807) is 31.2 Å². The van der Waals surface area contributed by atoms with E-state index in [0.717, 1.165) is 0 Å². The van der Waals surface area contributed by atoms with Gasteiger partial charge in [-0.15, -0.1) is 0 Å². The van der Waals surface area contributed by atoms with E-state index in [1.165, 1.54) is 16.7 Å². The molecule has 0 unspecified atom stereocenters. The summed E-state index contributed by atoms with van der Waals surface area (Å²) >= 11 is 6.03. The zero-order chi connectivity index (χ0) is 19.0. The maximum absolute atomic E-state index is 13.9. The van der Waals surface area contributed by atoms with E-state index < -0.39 is 5.82 Å². The third-order valence-electron chi connectivity index (χ3n) is 4.25. The van der Waals surface area contributed by atoms with Crippen LogP contribution in [0.15, 0.2) is 51.8 Å². The Labute approximate surface area is 158 Å². The van der Waals surface area contributed by atoms with Gasteiger partial charge in [-0.3, -0.25) is 9.36 Å². The Hall–Kier alpha value is -3.06. The Morgan fingerprint density at radius 1 is 1.15 bits per heavy atom. The molecule has 0 atom stereocenters. The van der Waals surface area contributed by atoms with Crippen molar-refractivity contribution in [3.05, 3.63) is 86.8 Å². The topological polar surface area (TPSA) is 73.8 Å². The molecule has 4 aromatic rings. The van der Waals surface area contributed by atoms with Crippen LogP contribution in [0.2, 0.25) is 5.02 Å². The zero-order valence-corrected chi connectivity index (χ0v) is 15.1. The Balaban J connectivity index is 1.64. The van der Waals surface area contributed by atoms with Gasteiger partial charge in [0.15, 0.2) is 5.82 Å². The van der Waals surface area contributed by atoms with Crippen LogP contribution in [-0.2, 0) is 13.0 Å². The number of nitrogens with zero attached hydrogens (tertiary/aromatic N) is 4. The molecule has 0 saturated heterocycles. The molecule has 136 valence electrons. The van der Waals surface area contributed by atoms with Gasteiger partial charge in [0.25, 0.3) is 5.56 Å². The van der Waals surface area contributed by atoms with Gasteiger partial charge in [0, 0.05) is 10.6 Å². The van der Waals surface area contributed by atoms with Gasteiger partial charge in [-0.1, -0.05) is 35.0 Å². The molecule has 0 aliphatic heterocycles. The number of para-hydroxylation sites is 1. The lowest BCUT2D eigenvalue weighted by molar-refractivity contribution is 0.376. The van der Waals surface area contributed by atoms with E-state index in [-0.39, 0.29) is 30.0 Å². The normalized spacial score (nSPS) is 11.2. The smallest absolute Gasteiger partial charge is 0.261 e. The first-order chi connectivity index (χ1) is 13.0. The second-order valence-electron chi connectivity index (χ2n) is 6.05. The minimum absolute atomic E-state index is 0.0718. The van der Waals surface area contributed by atoms with Crippen LogP contribution in [0, 0.1) is 12.7 Å². The number of hydrogen-bond donors (Lipinski definition) is 0. The summed E-state index contributed by atoms with van der Waals surface area (Å²) in [7, 11) is 0. The lowest BCUT2D eigenvalue weighted by Gasteiger charge is -2.08. The fourth-order valence-corrected chi connectivity index (χ4v) is 3.12. The SMILES string of the molecule is Cc1nc2ccccc2c(=O)n1Cc1noc(Cc2c(F)cccc2Cl)n1.